The summed E-state index contributed by atoms with van der Waals surface area (Å²) in [5.41, 5.74) is 2.37. The van der Waals surface area contributed by atoms with Crippen LogP contribution in [0.2, 0.25) is 5.02 Å². The van der Waals surface area contributed by atoms with Crippen LogP contribution in [0.4, 0.5) is 0 Å². The van der Waals surface area contributed by atoms with E-state index in [0.717, 1.165) is 24.8 Å². The third-order valence-electron chi connectivity index (χ3n) is 5.12. The van der Waals surface area contributed by atoms with Gasteiger partial charge in [0.2, 0.25) is 10.0 Å². The molecule has 150 valence electrons. The number of hydrogen-bond acceptors (Lipinski definition) is 3. The first-order valence-corrected chi connectivity index (χ1v) is 11.3. The number of rotatable bonds is 6. The number of carbonyl (C=O) groups excluding carboxylic acids is 1. The second-order valence-electron chi connectivity index (χ2n) is 7.04. The van der Waals surface area contributed by atoms with Crippen LogP contribution in [0.15, 0.2) is 47.4 Å². The first-order chi connectivity index (χ1) is 13.3. The summed E-state index contributed by atoms with van der Waals surface area (Å²) in [5, 5.41) is 3.14. The molecular formula is C21H25ClN2O3S. The second-order valence-corrected chi connectivity index (χ2v) is 9.39. The van der Waals surface area contributed by atoms with Crippen molar-refractivity contribution in [2.45, 2.75) is 44.0 Å². The predicted molar refractivity (Wildman–Crippen MR) is 111 cm³/mol. The average molecular weight is 421 g/mol. The van der Waals surface area contributed by atoms with E-state index in [1.165, 1.54) is 28.1 Å². The lowest BCUT2D eigenvalue weighted by Crippen LogP contribution is -2.29. The van der Waals surface area contributed by atoms with E-state index >= 15 is 0 Å². The van der Waals surface area contributed by atoms with Gasteiger partial charge in [-0.1, -0.05) is 42.8 Å². The third-order valence-corrected chi connectivity index (χ3v) is 7.35. The van der Waals surface area contributed by atoms with Gasteiger partial charge in [-0.05, 0) is 55.5 Å². The molecule has 3 rings (SSSR count). The maximum atomic E-state index is 12.8. The van der Waals surface area contributed by atoms with Crippen molar-refractivity contribution in [3.8, 4) is 0 Å². The minimum Gasteiger partial charge on any atom is -0.345 e. The molecule has 0 saturated carbocycles. The van der Waals surface area contributed by atoms with Crippen LogP contribution in [-0.2, 0) is 16.4 Å². The van der Waals surface area contributed by atoms with Gasteiger partial charge in [0.1, 0.15) is 0 Å². The Morgan fingerprint density at radius 2 is 1.79 bits per heavy atom. The molecule has 0 bridgehead atoms. The molecule has 1 N–H and O–H groups in total. The summed E-state index contributed by atoms with van der Waals surface area (Å²) >= 11 is 6.20. The van der Waals surface area contributed by atoms with E-state index in [2.05, 4.69) is 12.2 Å². The number of amides is 1. The fourth-order valence-electron chi connectivity index (χ4n) is 3.32. The molecule has 0 radical (unpaired) electrons. The Morgan fingerprint density at radius 1 is 1.14 bits per heavy atom. The number of aryl methyl sites for hydroxylation is 1. The van der Waals surface area contributed by atoms with Gasteiger partial charge in [-0.15, -0.1) is 0 Å². The third kappa shape index (κ3) is 4.40. The molecule has 1 saturated heterocycles. The van der Waals surface area contributed by atoms with Gasteiger partial charge < -0.3 is 5.32 Å². The number of nitrogens with zero attached hydrogens (tertiary/aromatic N) is 1. The Balaban J connectivity index is 1.81. The predicted octanol–water partition coefficient (Wildman–Crippen LogP) is 4.18. The molecule has 7 heteroatoms. The highest BCUT2D eigenvalue weighted by molar-refractivity contribution is 7.89. The Morgan fingerprint density at radius 3 is 2.39 bits per heavy atom. The number of carbonyl (C=O) groups is 1. The van der Waals surface area contributed by atoms with Gasteiger partial charge in [-0.3, -0.25) is 4.79 Å². The van der Waals surface area contributed by atoms with Crippen molar-refractivity contribution in [1.82, 2.24) is 9.62 Å². The summed E-state index contributed by atoms with van der Waals surface area (Å²) in [6.45, 7) is 5.00. The van der Waals surface area contributed by atoms with Crippen molar-refractivity contribution < 1.29 is 13.2 Å². The summed E-state index contributed by atoms with van der Waals surface area (Å²) in [6, 6.07) is 12.1. The number of hydrogen-bond donors (Lipinski definition) is 1. The molecule has 1 amide bonds. The van der Waals surface area contributed by atoms with E-state index < -0.39 is 15.9 Å². The molecule has 1 atom stereocenters. The molecule has 1 aliphatic heterocycles. The largest absolute Gasteiger partial charge is 0.345 e. The second kappa shape index (κ2) is 8.64. The standard InChI is InChI=1S/C21H25ClN2O3S/c1-3-16-6-8-17(9-7-16)15(2)23-21(25)19-14-18(10-11-20(19)22)28(26,27)24-12-4-5-13-24/h6-11,14-15H,3-5,12-13H2,1-2H3,(H,23,25)/t15-/m1/s1. The van der Waals surface area contributed by atoms with Crippen LogP contribution in [0.1, 0.15) is 54.2 Å². The maximum Gasteiger partial charge on any atom is 0.253 e. The van der Waals surface area contributed by atoms with Crippen LogP contribution >= 0.6 is 11.6 Å². The van der Waals surface area contributed by atoms with E-state index in [-0.39, 0.29) is 21.5 Å². The molecule has 0 aromatic heterocycles. The van der Waals surface area contributed by atoms with Crippen LogP contribution < -0.4 is 5.32 Å². The fourth-order valence-corrected chi connectivity index (χ4v) is 5.06. The summed E-state index contributed by atoms with van der Waals surface area (Å²) in [4.78, 5) is 12.9. The SMILES string of the molecule is CCc1ccc([C@@H](C)NC(=O)c2cc(S(=O)(=O)N3CCCC3)ccc2Cl)cc1. The first-order valence-electron chi connectivity index (χ1n) is 9.52. The van der Waals surface area contributed by atoms with E-state index in [4.69, 9.17) is 11.6 Å². The van der Waals surface area contributed by atoms with E-state index in [0.29, 0.717) is 13.1 Å². The van der Waals surface area contributed by atoms with Gasteiger partial charge >= 0.3 is 0 Å². The van der Waals surface area contributed by atoms with Gasteiger partial charge in [-0.25, -0.2) is 8.42 Å². The summed E-state index contributed by atoms with van der Waals surface area (Å²) in [7, 11) is -3.61. The van der Waals surface area contributed by atoms with Crippen molar-refractivity contribution in [2.75, 3.05) is 13.1 Å². The van der Waals surface area contributed by atoms with Gasteiger partial charge in [0.15, 0.2) is 0 Å². The van der Waals surface area contributed by atoms with Crippen molar-refractivity contribution in [3.63, 3.8) is 0 Å². The molecule has 1 fully saturated rings. The Kier molecular flexibility index (Phi) is 6.43. The molecule has 28 heavy (non-hydrogen) atoms. The highest BCUT2D eigenvalue weighted by atomic mass is 35.5. The van der Waals surface area contributed by atoms with Crippen LogP contribution in [0.5, 0.6) is 0 Å². The molecule has 0 spiro atoms. The van der Waals surface area contributed by atoms with E-state index in [1.807, 2.05) is 31.2 Å². The molecule has 2 aromatic rings. The normalized spacial score (nSPS) is 16.1. The first kappa shape index (κ1) is 20.8. The molecular weight excluding hydrogens is 396 g/mol. The quantitative estimate of drug-likeness (QED) is 0.762. The lowest BCUT2D eigenvalue weighted by Gasteiger charge is -2.18. The van der Waals surface area contributed by atoms with E-state index in [9.17, 15) is 13.2 Å². The summed E-state index contributed by atoms with van der Waals surface area (Å²) < 4.78 is 27.0. The minimum atomic E-state index is -3.61. The molecule has 1 heterocycles. The molecule has 0 unspecified atom stereocenters. The summed E-state index contributed by atoms with van der Waals surface area (Å²) in [6.07, 6.45) is 2.66. The summed E-state index contributed by atoms with van der Waals surface area (Å²) in [5.74, 6) is -0.393. The number of sulfonamides is 1. The zero-order chi connectivity index (χ0) is 20.3. The maximum absolute atomic E-state index is 12.8. The fraction of sp³-hybridized carbons (Fsp3) is 0.381. The zero-order valence-corrected chi connectivity index (χ0v) is 17.7. The smallest absolute Gasteiger partial charge is 0.253 e. The lowest BCUT2D eigenvalue weighted by atomic mass is 10.0. The lowest BCUT2D eigenvalue weighted by molar-refractivity contribution is 0.0940. The minimum absolute atomic E-state index is 0.101. The van der Waals surface area contributed by atoms with Crippen LogP contribution in [-0.4, -0.2) is 31.7 Å². The number of nitrogens with one attached hydrogen (secondary N) is 1. The van der Waals surface area contributed by atoms with E-state index in [1.54, 1.807) is 0 Å². The van der Waals surface area contributed by atoms with Gasteiger partial charge in [0.25, 0.3) is 5.91 Å². The highest BCUT2D eigenvalue weighted by Crippen LogP contribution is 2.26. The van der Waals surface area contributed by atoms with Crippen molar-refractivity contribution in [1.29, 1.82) is 0 Å². The highest BCUT2D eigenvalue weighted by Gasteiger charge is 2.28. The van der Waals surface area contributed by atoms with Crippen LogP contribution in [0.3, 0.4) is 0 Å². The molecule has 1 aliphatic rings. The molecule has 2 aromatic carbocycles. The Labute approximate surface area is 171 Å². The van der Waals surface area contributed by atoms with Crippen LogP contribution in [0, 0.1) is 0 Å². The van der Waals surface area contributed by atoms with Crippen molar-refractivity contribution in [2.24, 2.45) is 0 Å². The van der Waals surface area contributed by atoms with Gasteiger partial charge in [0, 0.05) is 13.1 Å². The number of halogens is 1. The Bertz CT molecular complexity index is 952. The van der Waals surface area contributed by atoms with Crippen molar-refractivity contribution >= 4 is 27.5 Å². The van der Waals surface area contributed by atoms with Crippen molar-refractivity contribution in [3.05, 3.63) is 64.2 Å². The Hall–Kier alpha value is -1.89. The van der Waals surface area contributed by atoms with Gasteiger partial charge in [0.05, 0.1) is 21.5 Å². The van der Waals surface area contributed by atoms with Crippen LogP contribution in [0.25, 0.3) is 0 Å². The average Bonchev–Trinajstić information content (AvgIpc) is 3.24. The zero-order valence-electron chi connectivity index (χ0n) is 16.1. The number of benzene rings is 2. The monoisotopic (exact) mass is 420 g/mol. The molecule has 0 aliphatic carbocycles. The van der Waals surface area contributed by atoms with Gasteiger partial charge in [-0.2, -0.15) is 4.31 Å². The molecule has 5 nitrogen and oxygen atoms in total. The topological polar surface area (TPSA) is 66.5 Å².